The standard InChI is InChI=1S/C9H7BrClF2NO/c1-9(12,13)8(15)14-7-4-5(10)2-3-6(7)11/h2-4H,1H3,(H,14,15). The first-order valence-corrected chi connectivity index (χ1v) is 5.12. The van der Waals surface area contributed by atoms with Gasteiger partial charge in [-0.15, -0.1) is 0 Å². The second-order valence-electron chi connectivity index (χ2n) is 2.97. The van der Waals surface area contributed by atoms with Crippen molar-refractivity contribution < 1.29 is 13.6 Å². The summed E-state index contributed by atoms with van der Waals surface area (Å²) in [6.07, 6.45) is 0. The molecule has 0 radical (unpaired) electrons. The van der Waals surface area contributed by atoms with Gasteiger partial charge in [0, 0.05) is 11.4 Å². The van der Waals surface area contributed by atoms with Gasteiger partial charge in [-0.05, 0) is 18.2 Å². The molecule has 1 rings (SSSR count). The van der Waals surface area contributed by atoms with Crippen LogP contribution in [0.4, 0.5) is 14.5 Å². The van der Waals surface area contributed by atoms with Gasteiger partial charge < -0.3 is 5.32 Å². The topological polar surface area (TPSA) is 29.1 Å². The Labute approximate surface area is 98.7 Å². The molecule has 15 heavy (non-hydrogen) atoms. The van der Waals surface area contributed by atoms with Gasteiger partial charge in [-0.3, -0.25) is 4.79 Å². The molecular formula is C9H7BrClF2NO. The molecule has 0 saturated heterocycles. The Bertz CT molecular complexity index is 392. The van der Waals surface area contributed by atoms with Crippen LogP contribution in [-0.2, 0) is 4.79 Å². The molecule has 0 aromatic heterocycles. The maximum Gasteiger partial charge on any atom is 0.322 e. The second-order valence-corrected chi connectivity index (χ2v) is 4.29. The fourth-order valence-electron chi connectivity index (χ4n) is 0.825. The Hall–Kier alpha value is -0.680. The number of anilines is 1. The number of benzene rings is 1. The maximum atomic E-state index is 12.6. The van der Waals surface area contributed by atoms with Crippen LogP contribution in [0.3, 0.4) is 0 Å². The van der Waals surface area contributed by atoms with E-state index in [0.29, 0.717) is 11.4 Å². The molecule has 0 aliphatic heterocycles. The highest BCUT2D eigenvalue weighted by Gasteiger charge is 2.32. The van der Waals surface area contributed by atoms with Crippen molar-refractivity contribution in [3.8, 4) is 0 Å². The lowest BCUT2D eigenvalue weighted by Crippen LogP contribution is -2.31. The van der Waals surface area contributed by atoms with Gasteiger partial charge in [0.2, 0.25) is 0 Å². The van der Waals surface area contributed by atoms with Crippen LogP contribution in [0.1, 0.15) is 6.92 Å². The van der Waals surface area contributed by atoms with Crippen LogP contribution in [0.15, 0.2) is 22.7 Å². The summed E-state index contributed by atoms with van der Waals surface area (Å²) in [7, 11) is 0. The van der Waals surface area contributed by atoms with Gasteiger partial charge in [-0.1, -0.05) is 27.5 Å². The molecule has 1 N–H and O–H groups in total. The molecule has 0 atom stereocenters. The number of alkyl halides is 2. The lowest BCUT2D eigenvalue weighted by Gasteiger charge is -2.12. The van der Waals surface area contributed by atoms with E-state index in [1.807, 2.05) is 5.32 Å². The van der Waals surface area contributed by atoms with Crippen molar-refractivity contribution in [2.45, 2.75) is 12.8 Å². The van der Waals surface area contributed by atoms with Gasteiger partial charge >= 0.3 is 5.92 Å². The minimum Gasteiger partial charge on any atom is -0.319 e. The SMILES string of the molecule is CC(F)(F)C(=O)Nc1cc(Br)ccc1Cl. The smallest absolute Gasteiger partial charge is 0.319 e. The van der Waals surface area contributed by atoms with Crippen LogP contribution in [-0.4, -0.2) is 11.8 Å². The average Bonchev–Trinajstić information content (AvgIpc) is 2.09. The summed E-state index contributed by atoms with van der Waals surface area (Å²) in [6.45, 7) is 0.522. The Morgan fingerprint density at radius 1 is 1.53 bits per heavy atom. The zero-order chi connectivity index (χ0) is 11.6. The Balaban J connectivity index is 2.90. The average molecular weight is 299 g/mol. The molecule has 0 fully saturated rings. The predicted octanol–water partition coefficient (Wildman–Crippen LogP) is 3.70. The van der Waals surface area contributed by atoms with E-state index in [1.54, 1.807) is 6.07 Å². The predicted molar refractivity (Wildman–Crippen MR) is 58.4 cm³/mol. The van der Waals surface area contributed by atoms with Crippen LogP contribution in [0, 0.1) is 0 Å². The van der Waals surface area contributed by atoms with E-state index >= 15 is 0 Å². The molecule has 6 heteroatoms. The zero-order valence-corrected chi connectivity index (χ0v) is 9.99. The van der Waals surface area contributed by atoms with Crippen molar-refractivity contribution in [1.82, 2.24) is 0 Å². The molecule has 0 unspecified atom stereocenters. The highest BCUT2D eigenvalue weighted by Crippen LogP contribution is 2.27. The molecule has 82 valence electrons. The molecule has 0 aliphatic rings. The van der Waals surface area contributed by atoms with Gasteiger partial charge in [-0.25, -0.2) is 0 Å². The summed E-state index contributed by atoms with van der Waals surface area (Å²) in [4.78, 5) is 11.0. The van der Waals surface area contributed by atoms with E-state index < -0.39 is 11.8 Å². The van der Waals surface area contributed by atoms with Crippen LogP contribution < -0.4 is 5.32 Å². The van der Waals surface area contributed by atoms with Gasteiger partial charge in [0.15, 0.2) is 0 Å². The number of carbonyl (C=O) groups excluding carboxylic acids is 1. The maximum absolute atomic E-state index is 12.6. The molecule has 2 nitrogen and oxygen atoms in total. The summed E-state index contributed by atoms with van der Waals surface area (Å²) < 4.78 is 25.8. The highest BCUT2D eigenvalue weighted by atomic mass is 79.9. The van der Waals surface area contributed by atoms with E-state index in [1.165, 1.54) is 12.1 Å². The summed E-state index contributed by atoms with van der Waals surface area (Å²) in [5.74, 6) is -4.81. The van der Waals surface area contributed by atoms with E-state index in [-0.39, 0.29) is 10.7 Å². The number of hydrogen-bond acceptors (Lipinski definition) is 1. The molecule has 0 aliphatic carbocycles. The first kappa shape index (κ1) is 12.4. The van der Waals surface area contributed by atoms with Crippen molar-refractivity contribution in [3.63, 3.8) is 0 Å². The number of hydrogen-bond donors (Lipinski definition) is 1. The zero-order valence-electron chi connectivity index (χ0n) is 7.65. The molecular weight excluding hydrogens is 291 g/mol. The van der Waals surface area contributed by atoms with Crippen LogP contribution in [0.2, 0.25) is 5.02 Å². The van der Waals surface area contributed by atoms with Crippen LogP contribution in [0.25, 0.3) is 0 Å². The molecule has 1 aromatic carbocycles. The van der Waals surface area contributed by atoms with Crippen molar-refractivity contribution in [1.29, 1.82) is 0 Å². The number of rotatable bonds is 2. The van der Waals surface area contributed by atoms with E-state index in [4.69, 9.17) is 11.6 Å². The van der Waals surface area contributed by atoms with Crippen LogP contribution in [0.5, 0.6) is 0 Å². The van der Waals surface area contributed by atoms with Crippen molar-refractivity contribution in [2.24, 2.45) is 0 Å². The van der Waals surface area contributed by atoms with E-state index in [2.05, 4.69) is 15.9 Å². The lowest BCUT2D eigenvalue weighted by atomic mass is 10.3. The quantitative estimate of drug-likeness (QED) is 0.886. The minimum absolute atomic E-state index is 0.151. The first-order chi connectivity index (χ1) is 6.80. The van der Waals surface area contributed by atoms with Gasteiger partial charge in [-0.2, -0.15) is 8.78 Å². The van der Waals surface area contributed by atoms with Crippen LogP contribution >= 0.6 is 27.5 Å². The Morgan fingerprint density at radius 2 is 2.13 bits per heavy atom. The highest BCUT2D eigenvalue weighted by molar-refractivity contribution is 9.10. The Morgan fingerprint density at radius 3 is 2.67 bits per heavy atom. The normalized spacial score (nSPS) is 11.3. The van der Waals surface area contributed by atoms with E-state index in [0.717, 1.165) is 0 Å². The summed E-state index contributed by atoms with van der Waals surface area (Å²) in [6, 6.07) is 4.59. The van der Waals surface area contributed by atoms with Crippen molar-refractivity contribution in [3.05, 3.63) is 27.7 Å². The van der Waals surface area contributed by atoms with Crippen molar-refractivity contribution >= 4 is 39.1 Å². The molecule has 0 bridgehead atoms. The fraction of sp³-hybridized carbons (Fsp3) is 0.222. The number of amides is 1. The Kier molecular flexibility index (Phi) is 3.67. The van der Waals surface area contributed by atoms with Gasteiger partial charge in [0.25, 0.3) is 5.91 Å². The molecule has 0 heterocycles. The monoisotopic (exact) mass is 297 g/mol. The van der Waals surface area contributed by atoms with Gasteiger partial charge in [0.1, 0.15) is 0 Å². The second kappa shape index (κ2) is 4.45. The lowest BCUT2D eigenvalue weighted by molar-refractivity contribution is -0.137. The fourth-order valence-corrected chi connectivity index (χ4v) is 1.35. The number of halogens is 4. The third-order valence-electron chi connectivity index (χ3n) is 1.58. The molecule has 0 saturated carbocycles. The molecule has 1 aromatic rings. The number of carbonyl (C=O) groups is 1. The number of nitrogens with one attached hydrogen (secondary N) is 1. The third-order valence-corrected chi connectivity index (χ3v) is 2.40. The first-order valence-electron chi connectivity index (χ1n) is 3.95. The summed E-state index contributed by atoms with van der Waals surface area (Å²) in [5, 5.41) is 2.24. The minimum atomic E-state index is -3.42. The largest absolute Gasteiger partial charge is 0.322 e. The van der Waals surface area contributed by atoms with Gasteiger partial charge in [0.05, 0.1) is 10.7 Å². The summed E-state index contributed by atoms with van der Waals surface area (Å²) >= 11 is 8.85. The molecule has 1 amide bonds. The third kappa shape index (κ3) is 3.43. The molecule has 0 spiro atoms. The summed E-state index contributed by atoms with van der Waals surface area (Å²) in [5.41, 5.74) is 0.151. The van der Waals surface area contributed by atoms with E-state index in [9.17, 15) is 13.6 Å². The van der Waals surface area contributed by atoms with Crippen molar-refractivity contribution in [2.75, 3.05) is 5.32 Å².